The van der Waals surface area contributed by atoms with Gasteiger partial charge in [-0.1, -0.05) is 41.9 Å². The molecule has 2 amide bonds. The smallest absolute Gasteiger partial charge is 0.337 e. The Bertz CT molecular complexity index is 808. The van der Waals surface area contributed by atoms with Crippen LogP contribution in [0.15, 0.2) is 48.5 Å². The molecule has 0 fully saturated rings. The first kappa shape index (κ1) is 19.5. The van der Waals surface area contributed by atoms with Gasteiger partial charge in [0.25, 0.3) is 0 Å². The number of ether oxygens (including phenoxy) is 1. The van der Waals surface area contributed by atoms with E-state index in [2.05, 4.69) is 15.4 Å². The van der Waals surface area contributed by atoms with Crippen molar-refractivity contribution in [3.63, 3.8) is 0 Å². The molecule has 26 heavy (non-hydrogen) atoms. The molecule has 0 heterocycles. The van der Waals surface area contributed by atoms with E-state index in [0.29, 0.717) is 10.7 Å². The van der Waals surface area contributed by atoms with Crippen molar-refractivity contribution in [2.45, 2.75) is 19.4 Å². The number of methoxy groups -OCH3 is 1. The Hall–Kier alpha value is -2.86. The van der Waals surface area contributed by atoms with Crippen LogP contribution in [0.5, 0.6) is 0 Å². The third kappa shape index (κ3) is 5.32. The summed E-state index contributed by atoms with van der Waals surface area (Å²) < 4.78 is 4.66. The monoisotopic (exact) mass is 374 g/mol. The van der Waals surface area contributed by atoms with Crippen LogP contribution in [0.3, 0.4) is 0 Å². The first-order valence-electron chi connectivity index (χ1n) is 7.90. The fourth-order valence-electron chi connectivity index (χ4n) is 2.44. The Balaban J connectivity index is 2.15. The minimum absolute atomic E-state index is 0.0162. The number of nitrogens with one attached hydrogen (secondary N) is 2. The van der Waals surface area contributed by atoms with Crippen LogP contribution in [0, 0.1) is 0 Å². The lowest BCUT2D eigenvalue weighted by atomic mass is 10.0. The molecule has 7 heteroatoms. The lowest BCUT2D eigenvalue weighted by molar-refractivity contribution is -0.120. The zero-order valence-electron chi connectivity index (χ0n) is 14.4. The van der Waals surface area contributed by atoms with Gasteiger partial charge in [-0.3, -0.25) is 9.59 Å². The molecule has 0 saturated carbocycles. The molecule has 2 aromatic rings. The second-order valence-corrected chi connectivity index (χ2v) is 6.01. The maximum atomic E-state index is 12.4. The first-order valence-corrected chi connectivity index (χ1v) is 8.28. The van der Waals surface area contributed by atoms with E-state index in [1.165, 1.54) is 32.2 Å². The van der Waals surface area contributed by atoms with Crippen molar-refractivity contribution < 1.29 is 19.1 Å². The molecule has 0 radical (unpaired) electrons. The third-order valence-electron chi connectivity index (χ3n) is 3.63. The van der Waals surface area contributed by atoms with Gasteiger partial charge in [-0.15, -0.1) is 0 Å². The largest absolute Gasteiger partial charge is 0.465 e. The third-order valence-corrected chi connectivity index (χ3v) is 3.96. The summed E-state index contributed by atoms with van der Waals surface area (Å²) in [5.74, 6) is -1.12. The van der Waals surface area contributed by atoms with Crippen LogP contribution in [0.4, 0.5) is 5.69 Å². The SMILES string of the molecule is COC(=O)c1ccc(Cl)c(NC(=O)CC(NC(C)=O)c2ccccc2)c1. The summed E-state index contributed by atoms with van der Waals surface area (Å²) in [4.78, 5) is 35.5. The highest BCUT2D eigenvalue weighted by Gasteiger charge is 2.18. The number of rotatable bonds is 6. The van der Waals surface area contributed by atoms with E-state index < -0.39 is 12.0 Å². The average molecular weight is 375 g/mol. The predicted octanol–water partition coefficient (Wildman–Crippen LogP) is 3.33. The number of esters is 1. The number of hydrogen-bond donors (Lipinski definition) is 2. The van der Waals surface area contributed by atoms with E-state index >= 15 is 0 Å². The van der Waals surface area contributed by atoms with Crippen molar-refractivity contribution in [2.75, 3.05) is 12.4 Å². The van der Waals surface area contributed by atoms with Gasteiger partial charge in [0, 0.05) is 6.92 Å². The number of halogens is 1. The second kappa shape index (κ2) is 9.01. The topological polar surface area (TPSA) is 84.5 Å². The highest BCUT2D eigenvalue weighted by molar-refractivity contribution is 6.33. The number of benzene rings is 2. The van der Waals surface area contributed by atoms with Gasteiger partial charge in [-0.25, -0.2) is 4.79 Å². The van der Waals surface area contributed by atoms with Crippen molar-refractivity contribution in [2.24, 2.45) is 0 Å². The van der Waals surface area contributed by atoms with Gasteiger partial charge in [-0.2, -0.15) is 0 Å². The molecule has 2 N–H and O–H groups in total. The van der Waals surface area contributed by atoms with Crippen LogP contribution >= 0.6 is 11.6 Å². The molecule has 2 aromatic carbocycles. The second-order valence-electron chi connectivity index (χ2n) is 5.60. The summed E-state index contributed by atoms with van der Waals surface area (Å²) >= 11 is 6.09. The molecule has 2 rings (SSSR count). The zero-order valence-corrected chi connectivity index (χ0v) is 15.2. The van der Waals surface area contributed by atoms with Crippen LogP contribution in [0.1, 0.15) is 35.3 Å². The molecule has 0 aliphatic rings. The van der Waals surface area contributed by atoms with Crippen LogP contribution < -0.4 is 10.6 Å². The highest BCUT2D eigenvalue weighted by atomic mass is 35.5. The minimum atomic E-state index is -0.530. The number of hydrogen-bond acceptors (Lipinski definition) is 4. The number of carbonyl (C=O) groups excluding carboxylic acids is 3. The van der Waals surface area contributed by atoms with Crippen LogP contribution in [0.25, 0.3) is 0 Å². The number of amides is 2. The maximum Gasteiger partial charge on any atom is 0.337 e. The molecule has 1 unspecified atom stereocenters. The Morgan fingerprint density at radius 2 is 1.81 bits per heavy atom. The van der Waals surface area contributed by atoms with Crippen LogP contribution in [0.2, 0.25) is 5.02 Å². The number of anilines is 1. The number of carbonyl (C=O) groups is 3. The minimum Gasteiger partial charge on any atom is -0.465 e. The molecule has 0 aliphatic heterocycles. The molecule has 6 nitrogen and oxygen atoms in total. The molecule has 0 aliphatic carbocycles. The van der Waals surface area contributed by atoms with Crippen molar-refractivity contribution in [3.8, 4) is 0 Å². The average Bonchev–Trinajstić information content (AvgIpc) is 2.62. The van der Waals surface area contributed by atoms with E-state index in [-0.39, 0.29) is 23.8 Å². The molecular weight excluding hydrogens is 356 g/mol. The van der Waals surface area contributed by atoms with Gasteiger partial charge < -0.3 is 15.4 Å². The maximum absolute atomic E-state index is 12.4. The molecule has 0 spiro atoms. The Labute approximate surface area is 156 Å². The van der Waals surface area contributed by atoms with E-state index in [4.69, 9.17) is 11.6 Å². The van der Waals surface area contributed by atoms with Gasteiger partial charge in [0.2, 0.25) is 11.8 Å². The summed E-state index contributed by atoms with van der Waals surface area (Å²) in [7, 11) is 1.27. The quantitative estimate of drug-likeness (QED) is 0.759. The molecule has 1 atom stereocenters. The Morgan fingerprint density at radius 3 is 2.42 bits per heavy atom. The van der Waals surface area contributed by atoms with E-state index in [1.807, 2.05) is 30.3 Å². The standard InChI is InChI=1S/C19H19ClN2O4/c1-12(23)21-16(13-6-4-3-5-7-13)11-18(24)22-17-10-14(19(25)26-2)8-9-15(17)20/h3-10,16H,11H2,1-2H3,(H,21,23)(H,22,24). The van der Waals surface area contributed by atoms with Crippen LogP contribution in [-0.2, 0) is 14.3 Å². The normalized spacial score (nSPS) is 11.3. The zero-order chi connectivity index (χ0) is 19.1. The van der Waals surface area contributed by atoms with Gasteiger partial charge in [0.05, 0.1) is 35.8 Å². The van der Waals surface area contributed by atoms with Crippen molar-refractivity contribution in [1.82, 2.24) is 5.32 Å². The van der Waals surface area contributed by atoms with Crippen molar-refractivity contribution in [1.29, 1.82) is 0 Å². The fraction of sp³-hybridized carbons (Fsp3) is 0.211. The van der Waals surface area contributed by atoms with E-state index in [9.17, 15) is 14.4 Å². The molecule has 136 valence electrons. The predicted molar refractivity (Wildman–Crippen MR) is 99.0 cm³/mol. The van der Waals surface area contributed by atoms with Gasteiger partial charge in [0.15, 0.2) is 0 Å². The molecule has 0 saturated heterocycles. The molecular formula is C19H19ClN2O4. The molecule has 0 aromatic heterocycles. The summed E-state index contributed by atoms with van der Waals surface area (Å²) in [6.45, 7) is 1.39. The van der Waals surface area contributed by atoms with Crippen molar-refractivity contribution >= 4 is 35.1 Å². The Kier molecular flexibility index (Phi) is 6.74. The lowest BCUT2D eigenvalue weighted by Gasteiger charge is -2.18. The molecule has 0 bridgehead atoms. The highest BCUT2D eigenvalue weighted by Crippen LogP contribution is 2.25. The van der Waals surface area contributed by atoms with Gasteiger partial charge >= 0.3 is 5.97 Å². The fourth-order valence-corrected chi connectivity index (χ4v) is 2.60. The van der Waals surface area contributed by atoms with E-state index in [0.717, 1.165) is 5.56 Å². The van der Waals surface area contributed by atoms with Gasteiger partial charge in [0.1, 0.15) is 0 Å². The first-order chi connectivity index (χ1) is 12.4. The van der Waals surface area contributed by atoms with Gasteiger partial charge in [-0.05, 0) is 23.8 Å². The summed E-state index contributed by atoms with van der Waals surface area (Å²) in [5.41, 5.74) is 1.38. The Morgan fingerprint density at radius 1 is 1.12 bits per heavy atom. The van der Waals surface area contributed by atoms with Crippen molar-refractivity contribution in [3.05, 3.63) is 64.7 Å². The summed E-state index contributed by atoms with van der Waals surface area (Å²) in [6.07, 6.45) is 0.0162. The lowest BCUT2D eigenvalue weighted by Crippen LogP contribution is -2.29. The van der Waals surface area contributed by atoms with E-state index in [1.54, 1.807) is 0 Å². The summed E-state index contributed by atoms with van der Waals surface area (Å²) in [6, 6.07) is 13.2. The van der Waals surface area contributed by atoms with Crippen LogP contribution in [-0.4, -0.2) is 24.9 Å². The summed E-state index contributed by atoms with van der Waals surface area (Å²) in [5, 5.41) is 5.73.